The van der Waals surface area contributed by atoms with E-state index in [2.05, 4.69) is 15.1 Å². The van der Waals surface area contributed by atoms with E-state index in [0.29, 0.717) is 12.2 Å². The first-order valence-corrected chi connectivity index (χ1v) is 6.63. The third kappa shape index (κ3) is 3.92. The maximum Gasteiger partial charge on any atom is 0.216 e. The van der Waals surface area contributed by atoms with Gasteiger partial charge < -0.3 is 10.2 Å². The van der Waals surface area contributed by atoms with Crippen molar-refractivity contribution < 1.29 is 9.18 Å². The number of nitrogens with one attached hydrogen (secondary N) is 1. The smallest absolute Gasteiger partial charge is 0.216 e. The summed E-state index contributed by atoms with van der Waals surface area (Å²) in [6.07, 6.45) is 0. The molecule has 0 spiro atoms. The molecule has 1 saturated heterocycles. The van der Waals surface area contributed by atoms with Gasteiger partial charge >= 0.3 is 0 Å². The highest BCUT2D eigenvalue weighted by atomic mass is 19.1. The molecule has 2 rings (SSSR count). The number of rotatable bonds is 4. The summed E-state index contributed by atoms with van der Waals surface area (Å²) in [5.41, 5.74) is 0.684. The van der Waals surface area contributed by atoms with Crippen molar-refractivity contribution in [3.8, 4) is 0 Å². The van der Waals surface area contributed by atoms with Crippen molar-refractivity contribution in [1.82, 2.24) is 10.2 Å². The minimum absolute atomic E-state index is 0.00462. The van der Waals surface area contributed by atoms with Gasteiger partial charge in [0, 0.05) is 46.2 Å². The molecule has 1 aliphatic rings. The second-order valence-corrected chi connectivity index (χ2v) is 4.76. The summed E-state index contributed by atoms with van der Waals surface area (Å²) in [5, 5.41) is 2.79. The quantitative estimate of drug-likeness (QED) is 0.885. The largest absolute Gasteiger partial charge is 0.367 e. The Balaban J connectivity index is 1.79. The van der Waals surface area contributed by atoms with Crippen molar-refractivity contribution in [2.75, 3.05) is 44.2 Å². The van der Waals surface area contributed by atoms with Gasteiger partial charge in [-0.05, 0) is 12.1 Å². The first kappa shape index (κ1) is 13.8. The van der Waals surface area contributed by atoms with Crippen LogP contribution in [-0.2, 0) is 4.79 Å². The second-order valence-electron chi connectivity index (χ2n) is 4.76. The lowest BCUT2D eigenvalue weighted by atomic mass is 10.2. The summed E-state index contributed by atoms with van der Waals surface area (Å²) in [7, 11) is 0. The summed E-state index contributed by atoms with van der Waals surface area (Å²) >= 11 is 0. The number of benzene rings is 1. The minimum Gasteiger partial charge on any atom is -0.367 e. The van der Waals surface area contributed by atoms with Crippen LogP contribution < -0.4 is 10.2 Å². The molecule has 0 atom stereocenters. The number of carbonyl (C=O) groups is 1. The van der Waals surface area contributed by atoms with Gasteiger partial charge in [0.05, 0.1) is 5.69 Å². The average molecular weight is 265 g/mol. The molecule has 1 heterocycles. The van der Waals surface area contributed by atoms with Crippen LogP contribution in [0.25, 0.3) is 0 Å². The lowest BCUT2D eigenvalue weighted by Gasteiger charge is -2.36. The molecule has 1 aromatic rings. The highest BCUT2D eigenvalue weighted by Crippen LogP contribution is 2.19. The van der Waals surface area contributed by atoms with Gasteiger partial charge in [0.15, 0.2) is 0 Å². The van der Waals surface area contributed by atoms with Gasteiger partial charge in [0.2, 0.25) is 5.91 Å². The molecule has 1 N–H and O–H groups in total. The molecule has 0 unspecified atom stereocenters. The van der Waals surface area contributed by atoms with Crippen molar-refractivity contribution in [3.05, 3.63) is 30.1 Å². The van der Waals surface area contributed by atoms with Crippen LogP contribution in [0, 0.1) is 5.82 Å². The number of halogens is 1. The van der Waals surface area contributed by atoms with Crippen LogP contribution in [0.5, 0.6) is 0 Å². The van der Waals surface area contributed by atoms with E-state index in [4.69, 9.17) is 0 Å². The molecular formula is C14H20FN3O. The van der Waals surface area contributed by atoms with Gasteiger partial charge in [0.1, 0.15) is 5.82 Å². The predicted molar refractivity (Wildman–Crippen MR) is 73.7 cm³/mol. The number of hydrogen-bond donors (Lipinski definition) is 1. The molecule has 0 radical (unpaired) electrons. The van der Waals surface area contributed by atoms with Crippen LogP contribution in [0.3, 0.4) is 0 Å². The van der Waals surface area contributed by atoms with E-state index in [-0.39, 0.29) is 11.7 Å². The van der Waals surface area contributed by atoms with Crippen LogP contribution >= 0.6 is 0 Å². The Labute approximate surface area is 113 Å². The molecule has 1 fully saturated rings. The molecule has 5 heteroatoms. The van der Waals surface area contributed by atoms with E-state index in [0.717, 1.165) is 32.7 Å². The SMILES string of the molecule is CC(=O)NCCN1CCN(c2ccccc2F)CC1. The van der Waals surface area contributed by atoms with Crippen LogP contribution in [-0.4, -0.2) is 50.1 Å². The van der Waals surface area contributed by atoms with Gasteiger partial charge in [-0.25, -0.2) is 4.39 Å². The monoisotopic (exact) mass is 265 g/mol. The molecule has 0 bridgehead atoms. The predicted octanol–water partition coefficient (Wildman–Crippen LogP) is 1.08. The molecule has 1 aromatic carbocycles. The number of amides is 1. The number of carbonyl (C=O) groups excluding carboxylic acids is 1. The highest BCUT2D eigenvalue weighted by Gasteiger charge is 2.18. The summed E-state index contributed by atoms with van der Waals surface area (Å²) in [6.45, 7) is 6.49. The number of piperazine rings is 1. The van der Waals surface area contributed by atoms with Crippen molar-refractivity contribution >= 4 is 11.6 Å². The van der Waals surface area contributed by atoms with E-state index in [1.54, 1.807) is 6.07 Å². The van der Waals surface area contributed by atoms with Crippen molar-refractivity contribution in [3.63, 3.8) is 0 Å². The average Bonchev–Trinajstić information content (AvgIpc) is 2.40. The Morgan fingerprint density at radius 3 is 2.58 bits per heavy atom. The summed E-state index contributed by atoms with van der Waals surface area (Å²) < 4.78 is 13.7. The van der Waals surface area contributed by atoms with E-state index in [9.17, 15) is 9.18 Å². The fourth-order valence-corrected chi connectivity index (χ4v) is 2.31. The topological polar surface area (TPSA) is 35.6 Å². The lowest BCUT2D eigenvalue weighted by Crippen LogP contribution is -2.48. The number of para-hydroxylation sites is 1. The molecule has 19 heavy (non-hydrogen) atoms. The molecule has 0 saturated carbocycles. The lowest BCUT2D eigenvalue weighted by molar-refractivity contribution is -0.119. The van der Waals surface area contributed by atoms with Gasteiger partial charge in [0.25, 0.3) is 0 Å². The zero-order valence-corrected chi connectivity index (χ0v) is 11.2. The van der Waals surface area contributed by atoms with Gasteiger partial charge in [-0.2, -0.15) is 0 Å². The van der Waals surface area contributed by atoms with Gasteiger partial charge in [-0.15, -0.1) is 0 Å². The Kier molecular flexibility index (Phi) is 4.74. The Hall–Kier alpha value is -1.62. The highest BCUT2D eigenvalue weighted by molar-refractivity contribution is 5.72. The minimum atomic E-state index is -0.158. The van der Waals surface area contributed by atoms with Crippen molar-refractivity contribution in [1.29, 1.82) is 0 Å². The van der Waals surface area contributed by atoms with E-state index < -0.39 is 0 Å². The van der Waals surface area contributed by atoms with Gasteiger partial charge in [-0.1, -0.05) is 12.1 Å². The zero-order chi connectivity index (χ0) is 13.7. The second kappa shape index (κ2) is 6.52. The zero-order valence-electron chi connectivity index (χ0n) is 11.2. The summed E-state index contributed by atoms with van der Waals surface area (Å²) in [4.78, 5) is 15.1. The fraction of sp³-hybridized carbons (Fsp3) is 0.500. The summed E-state index contributed by atoms with van der Waals surface area (Å²) in [5.74, 6) is -0.154. The van der Waals surface area contributed by atoms with Crippen LogP contribution in [0.2, 0.25) is 0 Å². The first-order valence-electron chi connectivity index (χ1n) is 6.63. The van der Waals surface area contributed by atoms with Crippen LogP contribution in [0.15, 0.2) is 24.3 Å². The number of hydrogen-bond acceptors (Lipinski definition) is 3. The number of nitrogens with zero attached hydrogens (tertiary/aromatic N) is 2. The maximum absolute atomic E-state index is 13.7. The third-order valence-corrected chi connectivity index (χ3v) is 3.37. The fourth-order valence-electron chi connectivity index (χ4n) is 2.31. The Morgan fingerprint density at radius 1 is 1.26 bits per heavy atom. The Morgan fingerprint density at radius 2 is 1.95 bits per heavy atom. The van der Waals surface area contributed by atoms with Crippen LogP contribution in [0.4, 0.5) is 10.1 Å². The van der Waals surface area contributed by atoms with Crippen LogP contribution in [0.1, 0.15) is 6.92 Å². The van der Waals surface area contributed by atoms with E-state index >= 15 is 0 Å². The molecule has 0 aliphatic carbocycles. The molecule has 1 amide bonds. The normalized spacial score (nSPS) is 16.4. The standard InChI is InChI=1S/C14H20FN3O/c1-12(19)16-6-7-17-8-10-18(11-9-17)14-5-3-2-4-13(14)15/h2-5H,6-11H2,1H3,(H,16,19). The first-order chi connectivity index (χ1) is 9.16. The van der Waals surface area contributed by atoms with Gasteiger partial charge in [-0.3, -0.25) is 9.69 Å². The third-order valence-electron chi connectivity index (χ3n) is 3.37. The molecule has 104 valence electrons. The Bertz CT molecular complexity index is 430. The molecule has 1 aliphatic heterocycles. The van der Waals surface area contributed by atoms with E-state index in [1.807, 2.05) is 12.1 Å². The molecule has 0 aromatic heterocycles. The van der Waals surface area contributed by atoms with Crippen molar-refractivity contribution in [2.24, 2.45) is 0 Å². The number of anilines is 1. The van der Waals surface area contributed by atoms with Crippen molar-refractivity contribution in [2.45, 2.75) is 6.92 Å². The van der Waals surface area contributed by atoms with E-state index in [1.165, 1.54) is 13.0 Å². The molecular weight excluding hydrogens is 245 g/mol. The maximum atomic E-state index is 13.7. The molecule has 4 nitrogen and oxygen atoms in total. The summed E-state index contributed by atoms with van der Waals surface area (Å²) in [6, 6.07) is 6.89.